The fourth-order valence-electron chi connectivity index (χ4n) is 1.10. The predicted octanol–water partition coefficient (Wildman–Crippen LogP) is 3.27. The van der Waals surface area contributed by atoms with E-state index in [9.17, 15) is 0 Å². The van der Waals surface area contributed by atoms with E-state index in [1.807, 2.05) is 35.2 Å². The Morgan fingerprint density at radius 2 is 2.00 bits per heavy atom. The molecule has 1 aromatic heterocycles. The Morgan fingerprint density at radius 3 is 2.64 bits per heavy atom. The van der Waals surface area contributed by atoms with Crippen molar-refractivity contribution in [2.75, 3.05) is 0 Å². The van der Waals surface area contributed by atoms with Gasteiger partial charge in [-0.05, 0) is 23.8 Å². The second kappa shape index (κ2) is 4.24. The molecule has 0 aliphatic carbocycles. The van der Waals surface area contributed by atoms with Crippen molar-refractivity contribution in [3.05, 3.63) is 53.0 Å². The highest BCUT2D eigenvalue weighted by atomic mass is 79.9. The maximum Gasteiger partial charge on any atom is 0.0986 e. The Kier molecular flexibility index (Phi) is 2.79. The van der Waals surface area contributed by atoms with Crippen molar-refractivity contribution >= 4 is 28.2 Å². The first-order valence-corrected chi connectivity index (χ1v) is 5.05. The molecule has 70 valence electrons. The first-order valence-electron chi connectivity index (χ1n) is 4.26. The van der Waals surface area contributed by atoms with E-state index < -0.39 is 0 Å². The molecule has 1 aromatic carbocycles. The number of hydrogen-bond donors (Lipinski definition) is 0. The third-order valence-corrected chi connectivity index (χ3v) is 2.36. The number of rotatable bonds is 2. The van der Waals surface area contributed by atoms with Gasteiger partial charge in [0.05, 0.1) is 6.33 Å². The van der Waals surface area contributed by atoms with Gasteiger partial charge in [-0.15, -0.1) is 0 Å². The summed E-state index contributed by atoms with van der Waals surface area (Å²) in [5.41, 5.74) is 1.17. The van der Waals surface area contributed by atoms with Crippen LogP contribution in [-0.4, -0.2) is 9.55 Å². The van der Waals surface area contributed by atoms with Crippen LogP contribution in [0.2, 0.25) is 0 Å². The van der Waals surface area contributed by atoms with Gasteiger partial charge < -0.3 is 4.57 Å². The van der Waals surface area contributed by atoms with Gasteiger partial charge in [0.1, 0.15) is 0 Å². The van der Waals surface area contributed by atoms with Crippen LogP contribution in [0.25, 0.3) is 12.3 Å². The van der Waals surface area contributed by atoms with Crippen molar-refractivity contribution < 1.29 is 0 Å². The van der Waals surface area contributed by atoms with Crippen molar-refractivity contribution in [2.45, 2.75) is 0 Å². The molecule has 14 heavy (non-hydrogen) atoms. The Bertz CT molecular complexity index is 415. The van der Waals surface area contributed by atoms with Crippen molar-refractivity contribution in [2.24, 2.45) is 0 Å². The lowest BCUT2D eigenvalue weighted by Crippen LogP contribution is -1.78. The van der Waals surface area contributed by atoms with Crippen LogP contribution in [0.15, 0.2) is 47.5 Å². The molecule has 0 fully saturated rings. The molecule has 1 heterocycles. The Hall–Kier alpha value is -1.35. The Morgan fingerprint density at radius 1 is 1.21 bits per heavy atom. The van der Waals surface area contributed by atoms with Crippen LogP contribution < -0.4 is 0 Å². The quantitative estimate of drug-likeness (QED) is 0.798. The topological polar surface area (TPSA) is 17.8 Å². The van der Waals surface area contributed by atoms with Gasteiger partial charge in [0.15, 0.2) is 0 Å². The van der Waals surface area contributed by atoms with E-state index >= 15 is 0 Å². The van der Waals surface area contributed by atoms with Crippen molar-refractivity contribution in [3.63, 3.8) is 0 Å². The molecule has 0 N–H and O–H groups in total. The van der Waals surface area contributed by atoms with Crippen LogP contribution in [0.3, 0.4) is 0 Å². The number of imidazole rings is 1. The fraction of sp³-hybridized carbons (Fsp3) is 0. The zero-order valence-corrected chi connectivity index (χ0v) is 9.05. The summed E-state index contributed by atoms with van der Waals surface area (Å²) in [4.78, 5) is 3.95. The molecule has 2 nitrogen and oxygen atoms in total. The highest BCUT2D eigenvalue weighted by Crippen LogP contribution is 2.11. The van der Waals surface area contributed by atoms with Crippen LogP contribution in [-0.2, 0) is 0 Å². The van der Waals surface area contributed by atoms with E-state index in [0.717, 1.165) is 4.47 Å². The van der Waals surface area contributed by atoms with E-state index in [1.165, 1.54) is 5.56 Å². The molecule has 2 rings (SSSR count). The minimum absolute atomic E-state index is 1.09. The predicted molar refractivity (Wildman–Crippen MR) is 61.6 cm³/mol. The third-order valence-electron chi connectivity index (χ3n) is 1.83. The largest absolute Gasteiger partial charge is 0.313 e. The van der Waals surface area contributed by atoms with Gasteiger partial charge in [0, 0.05) is 23.1 Å². The van der Waals surface area contributed by atoms with E-state index in [0.29, 0.717) is 0 Å². The van der Waals surface area contributed by atoms with E-state index in [2.05, 4.69) is 33.0 Å². The maximum atomic E-state index is 3.95. The summed E-state index contributed by atoms with van der Waals surface area (Å²) in [6.07, 6.45) is 9.42. The summed E-state index contributed by atoms with van der Waals surface area (Å²) >= 11 is 3.40. The second-order valence-electron chi connectivity index (χ2n) is 2.88. The van der Waals surface area contributed by atoms with Gasteiger partial charge in [-0.2, -0.15) is 0 Å². The Labute approximate surface area is 91.0 Å². The number of nitrogens with zero attached hydrogens (tertiary/aromatic N) is 2. The van der Waals surface area contributed by atoms with Crippen LogP contribution in [0, 0.1) is 0 Å². The molecule has 0 aliphatic heterocycles. The molecular formula is C11H9BrN2. The monoisotopic (exact) mass is 248 g/mol. The molecule has 0 atom stereocenters. The second-order valence-corrected chi connectivity index (χ2v) is 3.79. The first kappa shape index (κ1) is 9.21. The van der Waals surface area contributed by atoms with E-state index in [-0.39, 0.29) is 0 Å². The zero-order chi connectivity index (χ0) is 9.80. The van der Waals surface area contributed by atoms with Gasteiger partial charge in [-0.25, -0.2) is 4.98 Å². The number of hydrogen-bond acceptors (Lipinski definition) is 1. The van der Waals surface area contributed by atoms with Crippen LogP contribution >= 0.6 is 15.9 Å². The van der Waals surface area contributed by atoms with E-state index in [4.69, 9.17) is 0 Å². The zero-order valence-electron chi connectivity index (χ0n) is 7.47. The molecule has 0 unspecified atom stereocenters. The lowest BCUT2D eigenvalue weighted by Gasteiger charge is -1.94. The fourth-order valence-corrected chi connectivity index (χ4v) is 1.37. The molecule has 0 amide bonds. The summed E-state index contributed by atoms with van der Waals surface area (Å²) in [5, 5.41) is 0. The van der Waals surface area contributed by atoms with E-state index in [1.54, 1.807) is 12.5 Å². The molecule has 0 radical (unpaired) electrons. The summed E-state index contributed by atoms with van der Waals surface area (Å²) in [7, 11) is 0. The SMILES string of the molecule is Brc1ccc(/C=C/n2ccnc2)cc1. The summed E-state index contributed by atoms with van der Waals surface area (Å²) in [6, 6.07) is 8.15. The van der Waals surface area contributed by atoms with Crippen molar-refractivity contribution in [1.29, 1.82) is 0 Å². The van der Waals surface area contributed by atoms with Gasteiger partial charge in [0.2, 0.25) is 0 Å². The van der Waals surface area contributed by atoms with Crippen LogP contribution in [0.4, 0.5) is 0 Å². The van der Waals surface area contributed by atoms with Gasteiger partial charge in [-0.1, -0.05) is 28.1 Å². The smallest absolute Gasteiger partial charge is 0.0986 e. The normalized spacial score (nSPS) is 10.9. The highest BCUT2D eigenvalue weighted by molar-refractivity contribution is 9.10. The number of benzene rings is 1. The van der Waals surface area contributed by atoms with Crippen LogP contribution in [0.5, 0.6) is 0 Å². The lowest BCUT2D eigenvalue weighted by molar-refractivity contribution is 1.14. The molecule has 0 aliphatic rings. The molecule has 2 aromatic rings. The van der Waals surface area contributed by atoms with Gasteiger partial charge in [-0.3, -0.25) is 0 Å². The van der Waals surface area contributed by atoms with Crippen LogP contribution in [0.1, 0.15) is 5.56 Å². The van der Waals surface area contributed by atoms with Crippen molar-refractivity contribution in [3.8, 4) is 0 Å². The summed E-state index contributed by atoms with van der Waals surface area (Å²) in [6.45, 7) is 0. The summed E-state index contributed by atoms with van der Waals surface area (Å²) in [5.74, 6) is 0. The molecule has 3 heteroatoms. The molecule has 0 bridgehead atoms. The van der Waals surface area contributed by atoms with Gasteiger partial charge in [0.25, 0.3) is 0 Å². The molecular weight excluding hydrogens is 240 g/mol. The standard InChI is InChI=1S/C11H9BrN2/c12-11-3-1-10(2-4-11)5-7-14-8-6-13-9-14/h1-9H/b7-5+. The van der Waals surface area contributed by atoms with Crippen molar-refractivity contribution in [1.82, 2.24) is 9.55 Å². The maximum absolute atomic E-state index is 3.95. The molecule has 0 spiro atoms. The molecule has 0 saturated heterocycles. The lowest BCUT2D eigenvalue weighted by atomic mass is 10.2. The number of aromatic nitrogens is 2. The highest BCUT2D eigenvalue weighted by Gasteiger charge is 1.87. The minimum Gasteiger partial charge on any atom is -0.313 e. The average Bonchev–Trinajstić information content (AvgIpc) is 2.70. The number of halogens is 1. The van der Waals surface area contributed by atoms with Gasteiger partial charge >= 0.3 is 0 Å². The third kappa shape index (κ3) is 2.33. The Balaban J connectivity index is 2.15. The molecule has 0 saturated carbocycles. The summed E-state index contributed by atoms with van der Waals surface area (Å²) < 4.78 is 3.00. The average molecular weight is 249 g/mol. The first-order chi connectivity index (χ1) is 6.84. The minimum atomic E-state index is 1.09.